The molecular formula is C14H18FIN4O2. The van der Waals surface area contributed by atoms with Gasteiger partial charge in [-0.2, -0.15) is 0 Å². The third-order valence-corrected chi connectivity index (χ3v) is 4.82. The average molecular weight is 420 g/mol. The molecule has 0 amide bonds. The van der Waals surface area contributed by atoms with Crippen LogP contribution in [0.1, 0.15) is 31.9 Å². The van der Waals surface area contributed by atoms with Crippen LogP contribution in [0.4, 0.5) is 10.3 Å². The van der Waals surface area contributed by atoms with Gasteiger partial charge in [0.1, 0.15) is 5.52 Å². The zero-order valence-electron chi connectivity index (χ0n) is 12.4. The summed E-state index contributed by atoms with van der Waals surface area (Å²) in [5.41, 5.74) is 1.19. The predicted octanol–water partition coefficient (Wildman–Crippen LogP) is 2.16. The minimum absolute atomic E-state index is 0.139. The summed E-state index contributed by atoms with van der Waals surface area (Å²) < 4.78 is 21.6. The van der Waals surface area contributed by atoms with Gasteiger partial charge in [0.15, 0.2) is 5.82 Å². The van der Waals surface area contributed by atoms with E-state index >= 15 is 0 Å². The Balaban J connectivity index is 1.97. The number of ether oxygens (including phenoxy) is 1. The molecule has 1 aliphatic heterocycles. The van der Waals surface area contributed by atoms with Crippen LogP contribution in [-0.4, -0.2) is 45.1 Å². The Labute approximate surface area is 141 Å². The van der Waals surface area contributed by atoms with Crippen molar-refractivity contribution in [1.29, 1.82) is 0 Å². The van der Waals surface area contributed by atoms with Crippen LogP contribution in [0.25, 0.3) is 5.52 Å². The molecule has 8 heteroatoms. The molecule has 1 saturated heterocycles. The molecule has 0 spiro atoms. The second-order valence-corrected chi connectivity index (χ2v) is 6.81. The van der Waals surface area contributed by atoms with E-state index in [2.05, 4.69) is 15.4 Å². The second kappa shape index (κ2) is 6.25. The number of hydrogen-bond acceptors (Lipinski definition) is 5. The number of fused-ring (bicyclic) bond motifs is 1. The Morgan fingerprint density at radius 3 is 3.00 bits per heavy atom. The monoisotopic (exact) mass is 420 g/mol. The number of hydrogen-bond donors (Lipinski definition) is 2. The van der Waals surface area contributed by atoms with Crippen molar-refractivity contribution in [2.45, 2.75) is 38.3 Å². The number of aliphatic hydroxyl groups excluding tert-OH is 1. The molecule has 3 heterocycles. The van der Waals surface area contributed by atoms with E-state index in [0.717, 1.165) is 5.69 Å². The molecule has 2 aromatic rings. The molecule has 0 aliphatic carbocycles. The summed E-state index contributed by atoms with van der Waals surface area (Å²) in [7, 11) is 0. The van der Waals surface area contributed by atoms with Gasteiger partial charge in [0.25, 0.3) is 0 Å². The summed E-state index contributed by atoms with van der Waals surface area (Å²) in [5.74, 6) is 0.231. The molecule has 2 N–H and O–H groups in total. The summed E-state index contributed by atoms with van der Waals surface area (Å²) in [4.78, 5) is 4.17. The van der Waals surface area contributed by atoms with Crippen molar-refractivity contribution < 1.29 is 14.2 Å². The zero-order chi connectivity index (χ0) is 15.9. The van der Waals surface area contributed by atoms with E-state index in [4.69, 9.17) is 4.74 Å². The third-order valence-electron chi connectivity index (χ3n) is 3.79. The van der Waals surface area contributed by atoms with Crippen molar-refractivity contribution in [3.8, 4) is 0 Å². The Morgan fingerprint density at radius 1 is 1.55 bits per heavy atom. The highest BCUT2D eigenvalue weighted by Crippen LogP contribution is 2.28. The molecule has 22 heavy (non-hydrogen) atoms. The molecular weight excluding hydrogens is 402 g/mol. The Bertz CT molecular complexity index is 691. The molecule has 0 saturated carbocycles. The first-order chi connectivity index (χ1) is 10.5. The van der Waals surface area contributed by atoms with Gasteiger partial charge in [-0.05, 0) is 34.9 Å². The highest BCUT2D eigenvalue weighted by Gasteiger charge is 2.25. The normalized spacial score (nSPS) is 22.5. The number of anilines is 1. The van der Waals surface area contributed by atoms with Crippen molar-refractivity contribution in [2.24, 2.45) is 0 Å². The van der Waals surface area contributed by atoms with E-state index in [-0.39, 0.29) is 17.8 Å². The number of aliphatic hydroxyl groups is 1. The summed E-state index contributed by atoms with van der Waals surface area (Å²) >= 11 is 2.00. The number of rotatable bonds is 3. The zero-order valence-corrected chi connectivity index (χ0v) is 14.5. The van der Waals surface area contributed by atoms with Crippen LogP contribution in [-0.2, 0) is 4.74 Å². The van der Waals surface area contributed by atoms with Crippen LogP contribution >= 0.6 is 22.6 Å². The highest BCUT2D eigenvalue weighted by molar-refractivity contribution is 14.1. The van der Waals surface area contributed by atoms with Crippen molar-refractivity contribution >= 4 is 34.1 Å². The van der Waals surface area contributed by atoms with Crippen LogP contribution < -0.4 is 5.32 Å². The summed E-state index contributed by atoms with van der Waals surface area (Å²) in [6, 6.07) is -0.159. The maximum Gasteiger partial charge on any atom is 0.241 e. The summed E-state index contributed by atoms with van der Waals surface area (Å²) in [6.45, 7) is 4.89. The molecule has 2 atom stereocenters. The lowest BCUT2D eigenvalue weighted by Gasteiger charge is -2.28. The van der Waals surface area contributed by atoms with E-state index in [1.54, 1.807) is 4.52 Å². The van der Waals surface area contributed by atoms with Crippen molar-refractivity contribution in [3.05, 3.63) is 21.3 Å². The molecule has 1 fully saturated rings. The van der Waals surface area contributed by atoms with Crippen molar-refractivity contribution in [3.63, 3.8) is 0 Å². The number of halogens is 2. The molecule has 0 unspecified atom stereocenters. The van der Waals surface area contributed by atoms with Gasteiger partial charge in [-0.3, -0.25) is 0 Å². The molecule has 2 aromatic heterocycles. The fourth-order valence-electron chi connectivity index (χ4n) is 2.62. The quantitative estimate of drug-likeness (QED) is 0.745. The fourth-order valence-corrected chi connectivity index (χ4v) is 3.75. The highest BCUT2D eigenvalue weighted by atomic mass is 127. The smallest absolute Gasteiger partial charge is 0.241 e. The van der Waals surface area contributed by atoms with Gasteiger partial charge in [-0.15, -0.1) is 5.10 Å². The first kappa shape index (κ1) is 15.9. The Kier molecular flexibility index (Phi) is 4.51. The van der Waals surface area contributed by atoms with E-state index in [0.29, 0.717) is 34.7 Å². The van der Waals surface area contributed by atoms with Gasteiger partial charge >= 0.3 is 0 Å². The summed E-state index contributed by atoms with van der Waals surface area (Å²) in [6.07, 6.45) is 1.56. The lowest BCUT2D eigenvalue weighted by atomic mass is 10.1. The maximum atomic E-state index is 14.2. The maximum absolute atomic E-state index is 14.2. The largest absolute Gasteiger partial charge is 0.389 e. The van der Waals surface area contributed by atoms with Crippen LogP contribution in [0.2, 0.25) is 0 Å². The SMILES string of the molecule is CC(C)c1c(I)c(F)c2cnc(N[C@@H]3CCOC[C@H]3O)nn12. The minimum Gasteiger partial charge on any atom is -0.389 e. The summed E-state index contributed by atoms with van der Waals surface area (Å²) in [5, 5.41) is 17.4. The van der Waals surface area contributed by atoms with Crippen LogP contribution in [0, 0.1) is 9.39 Å². The van der Waals surface area contributed by atoms with E-state index < -0.39 is 6.10 Å². The standard InChI is InChI=1S/C14H18FIN4O2/c1-7(2)13-12(16)11(15)9-5-17-14(19-20(9)13)18-8-3-4-22-6-10(8)21/h5,7-8,10,21H,3-4,6H2,1-2H3,(H,18,19)/t8-,10-/m1/s1. The first-order valence-electron chi connectivity index (χ1n) is 7.24. The van der Waals surface area contributed by atoms with E-state index in [1.165, 1.54) is 6.20 Å². The fraction of sp³-hybridized carbons (Fsp3) is 0.571. The second-order valence-electron chi connectivity index (χ2n) is 5.73. The molecule has 0 radical (unpaired) electrons. The lowest BCUT2D eigenvalue weighted by Crippen LogP contribution is -2.42. The average Bonchev–Trinajstić information content (AvgIpc) is 2.73. The molecule has 6 nitrogen and oxygen atoms in total. The number of nitrogens with zero attached hydrogens (tertiary/aromatic N) is 3. The number of nitrogens with one attached hydrogen (secondary N) is 1. The number of aromatic nitrogens is 3. The van der Waals surface area contributed by atoms with Crippen LogP contribution in [0.3, 0.4) is 0 Å². The lowest BCUT2D eigenvalue weighted by molar-refractivity contribution is -0.0136. The van der Waals surface area contributed by atoms with E-state index in [1.807, 2.05) is 36.4 Å². The van der Waals surface area contributed by atoms with Gasteiger partial charge in [0.2, 0.25) is 5.95 Å². The Hall–Kier alpha value is -1.00. The molecule has 0 bridgehead atoms. The van der Waals surface area contributed by atoms with Crippen LogP contribution in [0.5, 0.6) is 0 Å². The van der Waals surface area contributed by atoms with Crippen molar-refractivity contribution in [2.75, 3.05) is 18.5 Å². The first-order valence-corrected chi connectivity index (χ1v) is 8.32. The molecule has 1 aliphatic rings. The van der Waals surface area contributed by atoms with Crippen molar-refractivity contribution in [1.82, 2.24) is 14.6 Å². The molecule has 0 aromatic carbocycles. The molecule has 3 rings (SSSR count). The van der Waals surface area contributed by atoms with Crippen LogP contribution in [0.15, 0.2) is 6.20 Å². The Morgan fingerprint density at radius 2 is 2.32 bits per heavy atom. The van der Waals surface area contributed by atoms with Gasteiger partial charge in [0.05, 0.1) is 34.2 Å². The minimum atomic E-state index is -0.598. The topological polar surface area (TPSA) is 71.7 Å². The predicted molar refractivity (Wildman–Crippen MR) is 88.6 cm³/mol. The van der Waals surface area contributed by atoms with Gasteiger partial charge in [-0.25, -0.2) is 13.9 Å². The van der Waals surface area contributed by atoms with Gasteiger partial charge in [0, 0.05) is 6.61 Å². The third kappa shape index (κ3) is 2.79. The van der Waals surface area contributed by atoms with E-state index in [9.17, 15) is 9.50 Å². The van der Waals surface area contributed by atoms with Gasteiger partial charge < -0.3 is 15.2 Å². The molecule has 120 valence electrons. The van der Waals surface area contributed by atoms with Gasteiger partial charge in [-0.1, -0.05) is 13.8 Å².